The van der Waals surface area contributed by atoms with Gasteiger partial charge in [0.2, 0.25) is 5.95 Å². The van der Waals surface area contributed by atoms with Crippen LogP contribution in [0.4, 0.5) is 5.95 Å². The van der Waals surface area contributed by atoms with Crippen molar-refractivity contribution in [2.45, 2.75) is 19.8 Å². The van der Waals surface area contributed by atoms with Crippen LogP contribution in [0.25, 0.3) is 0 Å². The number of aliphatic hydroxyl groups is 1. The molecule has 0 aliphatic rings. The zero-order chi connectivity index (χ0) is 10.4. The van der Waals surface area contributed by atoms with Crippen LogP contribution in [0.5, 0.6) is 0 Å². The number of aromatic nitrogens is 4. The Balaban J connectivity index is 2.62. The van der Waals surface area contributed by atoms with Crippen molar-refractivity contribution < 1.29 is 5.11 Å². The number of unbranched alkanes of at least 4 members (excludes halogenated alkanes) is 1. The smallest absolute Gasteiger partial charge is 0.245 e. The molecule has 0 atom stereocenters. The van der Waals surface area contributed by atoms with Gasteiger partial charge in [0.1, 0.15) is 0 Å². The van der Waals surface area contributed by atoms with Crippen molar-refractivity contribution in [3.05, 3.63) is 0 Å². The Kier molecular flexibility index (Phi) is 4.31. The number of nitrogens with zero attached hydrogens (tertiary/aromatic N) is 5. The zero-order valence-electron chi connectivity index (χ0n) is 8.72. The van der Waals surface area contributed by atoms with Gasteiger partial charge in [-0.15, -0.1) is 0 Å². The number of hydrogen-bond acceptors (Lipinski definition) is 5. The summed E-state index contributed by atoms with van der Waals surface area (Å²) in [5.74, 6) is 0.715. The number of rotatable bonds is 6. The van der Waals surface area contributed by atoms with Gasteiger partial charge in [0.15, 0.2) is 0 Å². The second-order valence-corrected chi connectivity index (χ2v) is 3.17. The summed E-state index contributed by atoms with van der Waals surface area (Å²) in [6.07, 6.45) is 2.19. The standard InChI is InChI=1S/C8H17N5O/c1-3-4-5-13(6-7-14)8-9-10-11-12(8)2/h14H,3-7H2,1-2H3. The predicted molar refractivity (Wildman–Crippen MR) is 53.0 cm³/mol. The SMILES string of the molecule is CCCCN(CCO)c1nnnn1C. The Morgan fingerprint density at radius 3 is 2.71 bits per heavy atom. The maximum Gasteiger partial charge on any atom is 0.245 e. The first-order valence-corrected chi connectivity index (χ1v) is 4.87. The average Bonchev–Trinajstić information content (AvgIpc) is 2.59. The number of anilines is 1. The van der Waals surface area contributed by atoms with Gasteiger partial charge < -0.3 is 10.0 Å². The van der Waals surface area contributed by atoms with Crippen LogP contribution in [0, 0.1) is 0 Å². The van der Waals surface area contributed by atoms with Crippen molar-refractivity contribution in [1.82, 2.24) is 20.2 Å². The number of aliphatic hydroxyl groups excluding tert-OH is 1. The summed E-state index contributed by atoms with van der Waals surface area (Å²) >= 11 is 0. The lowest BCUT2D eigenvalue weighted by Crippen LogP contribution is -2.30. The molecule has 6 heteroatoms. The number of tetrazole rings is 1. The highest BCUT2D eigenvalue weighted by atomic mass is 16.3. The normalized spacial score (nSPS) is 10.5. The summed E-state index contributed by atoms with van der Waals surface area (Å²) in [6.45, 7) is 3.71. The molecule has 1 aromatic heterocycles. The first-order valence-electron chi connectivity index (χ1n) is 4.87. The van der Waals surface area contributed by atoms with Crippen LogP contribution in [0.15, 0.2) is 0 Å². The molecule has 1 heterocycles. The largest absolute Gasteiger partial charge is 0.395 e. The lowest BCUT2D eigenvalue weighted by atomic mass is 10.3. The van der Waals surface area contributed by atoms with E-state index >= 15 is 0 Å². The van der Waals surface area contributed by atoms with Crippen molar-refractivity contribution in [2.24, 2.45) is 7.05 Å². The minimum Gasteiger partial charge on any atom is -0.395 e. The van der Waals surface area contributed by atoms with Crippen LogP contribution >= 0.6 is 0 Å². The fourth-order valence-electron chi connectivity index (χ4n) is 1.27. The Bertz CT molecular complexity index is 262. The highest BCUT2D eigenvalue weighted by molar-refractivity contribution is 5.27. The molecule has 1 aromatic rings. The molecule has 0 aromatic carbocycles. The van der Waals surface area contributed by atoms with E-state index in [4.69, 9.17) is 5.11 Å². The highest BCUT2D eigenvalue weighted by Gasteiger charge is 2.11. The lowest BCUT2D eigenvalue weighted by molar-refractivity contribution is 0.300. The summed E-state index contributed by atoms with van der Waals surface area (Å²) in [5, 5.41) is 20.1. The van der Waals surface area contributed by atoms with Gasteiger partial charge in [-0.3, -0.25) is 0 Å². The quantitative estimate of drug-likeness (QED) is 0.687. The van der Waals surface area contributed by atoms with Crippen LogP contribution in [0.2, 0.25) is 0 Å². The van der Waals surface area contributed by atoms with Crippen molar-refractivity contribution in [3.63, 3.8) is 0 Å². The van der Waals surface area contributed by atoms with Gasteiger partial charge in [-0.1, -0.05) is 18.4 Å². The van der Waals surface area contributed by atoms with Gasteiger partial charge in [0, 0.05) is 20.1 Å². The van der Waals surface area contributed by atoms with Crippen molar-refractivity contribution in [2.75, 3.05) is 24.6 Å². The molecule has 0 saturated heterocycles. The third-order valence-electron chi connectivity index (χ3n) is 2.03. The van der Waals surface area contributed by atoms with E-state index in [1.807, 2.05) is 4.90 Å². The van der Waals surface area contributed by atoms with Crippen LogP contribution in [0.1, 0.15) is 19.8 Å². The Hall–Kier alpha value is -1.17. The van der Waals surface area contributed by atoms with E-state index in [-0.39, 0.29) is 6.61 Å². The molecule has 6 nitrogen and oxygen atoms in total. The topological polar surface area (TPSA) is 67.1 Å². The molecule has 0 amide bonds. The van der Waals surface area contributed by atoms with Gasteiger partial charge in [-0.25, -0.2) is 4.68 Å². The molecule has 0 aliphatic carbocycles. The average molecular weight is 199 g/mol. The lowest BCUT2D eigenvalue weighted by Gasteiger charge is -2.20. The van der Waals surface area contributed by atoms with E-state index in [9.17, 15) is 0 Å². The molecule has 0 fully saturated rings. The van der Waals surface area contributed by atoms with E-state index < -0.39 is 0 Å². The third kappa shape index (κ3) is 2.66. The molecule has 1 rings (SSSR count). The molecule has 0 bridgehead atoms. The van der Waals surface area contributed by atoms with Crippen LogP contribution in [-0.4, -0.2) is 45.0 Å². The summed E-state index contributed by atoms with van der Waals surface area (Å²) in [4.78, 5) is 1.99. The predicted octanol–water partition coefficient (Wildman–Crippen LogP) is -0.191. The van der Waals surface area contributed by atoms with Crippen molar-refractivity contribution in [3.8, 4) is 0 Å². The van der Waals surface area contributed by atoms with Gasteiger partial charge in [0.25, 0.3) is 0 Å². The molecule has 0 radical (unpaired) electrons. The molecule has 1 N–H and O–H groups in total. The van der Waals surface area contributed by atoms with E-state index in [0.717, 1.165) is 19.4 Å². The molecular formula is C8H17N5O. The van der Waals surface area contributed by atoms with E-state index in [1.54, 1.807) is 11.7 Å². The second-order valence-electron chi connectivity index (χ2n) is 3.17. The minimum atomic E-state index is 0.122. The molecule has 14 heavy (non-hydrogen) atoms. The number of aryl methyl sites for hydroxylation is 1. The summed E-state index contributed by atoms with van der Waals surface area (Å²) < 4.78 is 1.62. The van der Waals surface area contributed by atoms with E-state index in [0.29, 0.717) is 12.5 Å². The van der Waals surface area contributed by atoms with Gasteiger partial charge in [0.05, 0.1) is 6.61 Å². The summed E-state index contributed by atoms with van der Waals surface area (Å²) in [6, 6.07) is 0. The minimum absolute atomic E-state index is 0.122. The maximum absolute atomic E-state index is 8.91. The fourth-order valence-corrected chi connectivity index (χ4v) is 1.27. The second kappa shape index (κ2) is 5.54. The molecule has 0 aliphatic heterocycles. The molecule has 0 spiro atoms. The van der Waals surface area contributed by atoms with Gasteiger partial charge >= 0.3 is 0 Å². The fraction of sp³-hybridized carbons (Fsp3) is 0.875. The van der Waals surface area contributed by atoms with Crippen LogP contribution < -0.4 is 4.90 Å². The Labute approximate surface area is 83.5 Å². The van der Waals surface area contributed by atoms with Crippen molar-refractivity contribution >= 4 is 5.95 Å². The summed E-state index contributed by atoms with van der Waals surface area (Å²) in [5.41, 5.74) is 0. The van der Waals surface area contributed by atoms with Gasteiger partial charge in [-0.2, -0.15) is 0 Å². The monoisotopic (exact) mass is 199 g/mol. The van der Waals surface area contributed by atoms with Crippen LogP contribution in [-0.2, 0) is 7.05 Å². The molecule has 80 valence electrons. The Morgan fingerprint density at radius 2 is 2.21 bits per heavy atom. The third-order valence-corrected chi connectivity index (χ3v) is 2.03. The van der Waals surface area contributed by atoms with E-state index in [2.05, 4.69) is 22.4 Å². The Morgan fingerprint density at radius 1 is 1.43 bits per heavy atom. The van der Waals surface area contributed by atoms with Gasteiger partial charge in [-0.05, 0) is 16.8 Å². The maximum atomic E-state index is 8.91. The molecular weight excluding hydrogens is 182 g/mol. The van der Waals surface area contributed by atoms with E-state index in [1.165, 1.54) is 0 Å². The summed E-state index contributed by atoms with van der Waals surface area (Å²) in [7, 11) is 1.80. The van der Waals surface area contributed by atoms with Crippen molar-refractivity contribution in [1.29, 1.82) is 0 Å². The molecule has 0 saturated carbocycles. The van der Waals surface area contributed by atoms with Crippen LogP contribution in [0.3, 0.4) is 0 Å². The zero-order valence-corrected chi connectivity index (χ0v) is 8.72. The first-order chi connectivity index (χ1) is 6.79. The highest BCUT2D eigenvalue weighted by Crippen LogP contribution is 2.07. The first kappa shape index (κ1) is 10.9. The number of hydrogen-bond donors (Lipinski definition) is 1. The molecule has 0 unspecified atom stereocenters.